The van der Waals surface area contributed by atoms with E-state index >= 15 is 0 Å². The molecule has 1 heterocycles. The number of amides is 1. The lowest BCUT2D eigenvalue weighted by molar-refractivity contribution is -0.126. The van der Waals surface area contributed by atoms with E-state index in [0.717, 1.165) is 41.9 Å². The molecule has 0 aliphatic heterocycles. The zero-order chi connectivity index (χ0) is 15.6. The molecule has 118 valence electrons. The summed E-state index contributed by atoms with van der Waals surface area (Å²) in [5.74, 6) is 0.863. The van der Waals surface area contributed by atoms with E-state index in [1.807, 2.05) is 6.92 Å². The topological polar surface area (TPSA) is 89.3 Å². The Morgan fingerprint density at radius 1 is 1.33 bits per heavy atom. The van der Waals surface area contributed by atoms with Gasteiger partial charge < -0.3 is 5.32 Å². The summed E-state index contributed by atoms with van der Waals surface area (Å²) in [5.41, 5.74) is 0. The van der Waals surface area contributed by atoms with Crippen LogP contribution in [0.25, 0.3) is 0 Å². The molecule has 1 aromatic heterocycles. The van der Waals surface area contributed by atoms with Crippen molar-refractivity contribution in [1.82, 2.24) is 5.32 Å². The second kappa shape index (κ2) is 6.46. The molecule has 7 heteroatoms. The standard InChI is InChI=1S/C14H22N2O3S2/c1-9-3-5-11(6-4-9)14(17)16-10(2)12-7-8-13(20-12)21(15,18)19/h7-11H,3-6H2,1-2H3,(H,16,17)(H2,15,18,19). The van der Waals surface area contributed by atoms with Crippen LogP contribution in [0.4, 0.5) is 0 Å². The third-order valence-corrected chi connectivity index (χ3v) is 6.76. The first-order valence-electron chi connectivity index (χ1n) is 7.20. The third-order valence-electron chi connectivity index (χ3n) is 4.05. The van der Waals surface area contributed by atoms with Crippen molar-refractivity contribution in [2.45, 2.75) is 49.8 Å². The van der Waals surface area contributed by atoms with E-state index in [-0.39, 0.29) is 22.1 Å². The first-order valence-corrected chi connectivity index (χ1v) is 9.56. The second-order valence-electron chi connectivity index (χ2n) is 5.89. The van der Waals surface area contributed by atoms with Gasteiger partial charge in [-0.25, -0.2) is 13.6 Å². The van der Waals surface area contributed by atoms with Crippen LogP contribution in [0, 0.1) is 11.8 Å². The molecule has 0 aromatic carbocycles. The monoisotopic (exact) mass is 330 g/mol. The quantitative estimate of drug-likeness (QED) is 0.888. The zero-order valence-electron chi connectivity index (χ0n) is 12.3. The highest BCUT2D eigenvalue weighted by atomic mass is 32.2. The predicted octanol–water partition coefficient (Wildman–Crippen LogP) is 2.40. The molecule has 0 saturated heterocycles. The molecule has 1 atom stereocenters. The Morgan fingerprint density at radius 3 is 2.48 bits per heavy atom. The molecule has 0 radical (unpaired) electrons. The summed E-state index contributed by atoms with van der Waals surface area (Å²) in [6.45, 7) is 4.08. The molecule has 0 bridgehead atoms. The van der Waals surface area contributed by atoms with Gasteiger partial charge in [0.05, 0.1) is 6.04 Å². The van der Waals surface area contributed by atoms with Crippen LogP contribution in [0.5, 0.6) is 0 Å². The Bertz CT molecular complexity index is 601. The van der Waals surface area contributed by atoms with Crippen molar-refractivity contribution >= 4 is 27.3 Å². The fourth-order valence-electron chi connectivity index (χ4n) is 2.64. The van der Waals surface area contributed by atoms with E-state index in [1.54, 1.807) is 6.07 Å². The fourth-order valence-corrected chi connectivity index (χ4v) is 4.40. The van der Waals surface area contributed by atoms with Gasteiger partial charge in [0.2, 0.25) is 15.9 Å². The van der Waals surface area contributed by atoms with E-state index in [4.69, 9.17) is 5.14 Å². The van der Waals surface area contributed by atoms with E-state index in [0.29, 0.717) is 5.92 Å². The van der Waals surface area contributed by atoms with Crippen LogP contribution in [0.1, 0.15) is 50.4 Å². The Balaban J connectivity index is 1.96. The highest BCUT2D eigenvalue weighted by Crippen LogP contribution is 2.30. The van der Waals surface area contributed by atoms with Crippen molar-refractivity contribution in [2.24, 2.45) is 17.0 Å². The van der Waals surface area contributed by atoms with Crippen LogP contribution in [0.2, 0.25) is 0 Å². The summed E-state index contributed by atoms with van der Waals surface area (Å²) in [6.07, 6.45) is 4.07. The summed E-state index contributed by atoms with van der Waals surface area (Å²) in [7, 11) is -3.66. The Morgan fingerprint density at radius 2 is 1.95 bits per heavy atom. The van der Waals surface area contributed by atoms with Crippen LogP contribution >= 0.6 is 11.3 Å². The Hall–Kier alpha value is -0.920. The lowest BCUT2D eigenvalue weighted by Gasteiger charge is -2.26. The molecule has 1 unspecified atom stereocenters. The van der Waals surface area contributed by atoms with Crippen LogP contribution in [0.15, 0.2) is 16.3 Å². The van der Waals surface area contributed by atoms with Crippen LogP contribution in [-0.4, -0.2) is 14.3 Å². The molecule has 1 aliphatic rings. The third kappa shape index (κ3) is 4.28. The average Bonchev–Trinajstić information content (AvgIpc) is 2.88. The van der Waals surface area contributed by atoms with Gasteiger partial charge in [-0.05, 0) is 50.7 Å². The molecule has 1 fully saturated rings. The van der Waals surface area contributed by atoms with Gasteiger partial charge >= 0.3 is 0 Å². The first kappa shape index (κ1) is 16.5. The van der Waals surface area contributed by atoms with E-state index in [1.165, 1.54) is 6.07 Å². The minimum atomic E-state index is -3.66. The molecule has 1 amide bonds. The predicted molar refractivity (Wildman–Crippen MR) is 83.4 cm³/mol. The molecule has 3 N–H and O–H groups in total. The number of thiophene rings is 1. The summed E-state index contributed by atoms with van der Waals surface area (Å²) < 4.78 is 22.7. The summed E-state index contributed by atoms with van der Waals surface area (Å²) in [6, 6.07) is 3.00. The number of nitrogens with one attached hydrogen (secondary N) is 1. The fraction of sp³-hybridized carbons (Fsp3) is 0.643. The van der Waals surface area contributed by atoms with Crippen LogP contribution in [-0.2, 0) is 14.8 Å². The molecule has 21 heavy (non-hydrogen) atoms. The van der Waals surface area contributed by atoms with Gasteiger partial charge in [0.25, 0.3) is 0 Å². The molecule has 2 rings (SSSR count). The SMILES string of the molecule is CC1CCC(C(=O)NC(C)c2ccc(S(N)(=O)=O)s2)CC1. The van der Waals surface area contributed by atoms with E-state index in [2.05, 4.69) is 12.2 Å². The van der Waals surface area contributed by atoms with Gasteiger partial charge in [-0.1, -0.05) is 6.92 Å². The molecular weight excluding hydrogens is 308 g/mol. The Labute approximate surface area is 130 Å². The average molecular weight is 330 g/mol. The van der Waals surface area contributed by atoms with Crippen molar-refractivity contribution in [3.63, 3.8) is 0 Å². The van der Waals surface area contributed by atoms with Crippen molar-refractivity contribution < 1.29 is 13.2 Å². The highest BCUT2D eigenvalue weighted by molar-refractivity contribution is 7.91. The van der Waals surface area contributed by atoms with Gasteiger partial charge in [0.1, 0.15) is 4.21 Å². The summed E-state index contributed by atoms with van der Waals surface area (Å²) in [4.78, 5) is 13.0. The molecular formula is C14H22N2O3S2. The molecule has 1 aliphatic carbocycles. The van der Waals surface area contributed by atoms with Gasteiger partial charge in [-0.2, -0.15) is 0 Å². The number of nitrogens with two attached hydrogens (primary N) is 1. The number of rotatable bonds is 4. The van der Waals surface area contributed by atoms with Crippen LogP contribution < -0.4 is 10.5 Å². The van der Waals surface area contributed by atoms with Crippen molar-refractivity contribution in [3.8, 4) is 0 Å². The van der Waals surface area contributed by atoms with Gasteiger partial charge in [-0.3, -0.25) is 4.79 Å². The normalized spacial score (nSPS) is 24.5. The maximum Gasteiger partial charge on any atom is 0.247 e. The Kier molecular flexibility index (Phi) is 5.06. The second-order valence-corrected chi connectivity index (χ2v) is 8.79. The van der Waals surface area contributed by atoms with Gasteiger partial charge in [0.15, 0.2) is 0 Å². The van der Waals surface area contributed by atoms with Crippen molar-refractivity contribution in [3.05, 3.63) is 17.0 Å². The van der Waals surface area contributed by atoms with Gasteiger partial charge in [-0.15, -0.1) is 11.3 Å². The minimum absolute atomic E-state index is 0.0694. The number of hydrogen-bond donors (Lipinski definition) is 2. The maximum absolute atomic E-state index is 12.2. The van der Waals surface area contributed by atoms with Gasteiger partial charge in [0, 0.05) is 10.8 Å². The number of primary sulfonamides is 1. The van der Waals surface area contributed by atoms with Crippen LogP contribution in [0.3, 0.4) is 0 Å². The molecule has 1 aromatic rings. The number of hydrogen-bond acceptors (Lipinski definition) is 4. The molecule has 0 spiro atoms. The molecule has 1 saturated carbocycles. The first-order chi connectivity index (χ1) is 9.77. The number of sulfonamides is 1. The van der Waals surface area contributed by atoms with Crippen molar-refractivity contribution in [1.29, 1.82) is 0 Å². The number of carbonyl (C=O) groups excluding carboxylic acids is 1. The van der Waals surface area contributed by atoms with E-state index in [9.17, 15) is 13.2 Å². The highest BCUT2D eigenvalue weighted by Gasteiger charge is 2.25. The lowest BCUT2D eigenvalue weighted by Crippen LogP contribution is -2.34. The number of carbonyl (C=O) groups is 1. The largest absolute Gasteiger partial charge is 0.349 e. The molecule has 5 nitrogen and oxygen atoms in total. The van der Waals surface area contributed by atoms with E-state index < -0.39 is 10.0 Å². The zero-order valence-corrected chi connectivity index (χ0v) is 14.0. The lowest BCUT2D eigenvalue weighted by atomic mass is 9.82. The summed E-state index contributed by atoms with van der Waals surface area (Å²) >= 11 is 1.11. The maximum atomic E-state index is 12.2. The summed E-state index contributed by atoms with van der Waals surface area (Å²) in [5, 5.41) is 8.08. The minimum Gasteiger partial charge on any atom is -0.349 e. The van der Waals surface area contributed by atoms with Crippen molar-refractivity contribution in [2.75, 3.05) is 0 Å². The smallest absolute Gasteiger partial charge is 0.247 e.